The molecule has 0 heterocycles. The highest BCUT2D eigenvalue weighted by atomic mass is 16.1. The minimum Gasteiger partial charge on any atom is -0.352 e. The summed E-state index contributed by atoms with van der Waals surface area (Å²) in [5, 5.41) is 6.15. The smallest absolute Gasteiger partial charge is 0.250 e. The second kappa shape index (κ2) is 6.55. The zero-order valence-electron chi connectivity index (χ0n) is 11.3. The molecule has 1 rings (SSSR count). The molecule has 0 aliphatic heterocycles. The number of likely N-dealkylation sites (N-methyl/N-ethyl adjacent to an activating group) is 1. The van der Waals surface area contributed by atoms with E-state index in [0.717, 1.165) is 20.9 Å². The molecule has 98 valence electrons. The van der Waals surface area contributed by atoms with Crippen molar-refractivity contribution in [1.82, 2.24) is 5.32 Å². The zero-order valence-corrected chi connectivity index (χ0v) is 11.3. The van der Waals surface area contributed by atoms with E-state index in [-0.39, 0.29) is 5.91 Å². The van der Waals surface area contributed by atoms with Gasteiger partial charge in [0.15, 0.2) is 0 Å². The van der Waals surface area contributed by atoms with Gasteiger partial charge in [0.05, 0.1) is 0 Å². The van der Waals surface area contributed by atoms with E-state index >= 15 is 0 Å². The molecule has 1 amide bonds. The standard InChI is InChI=1S/C17H19NO/c1-6-8-15-9-10-16(14(5)13(15)4)11-12(3)17(19)18-7-2/h6,8-11H,1,3-5,7H2,2H3,(H,18,19)/b15-8-,16-11-. The maximum Gasteiger partial charge on any atom is 0.250 e. The van der Waals surface area contributed by atoms with Crippen LogP contribution in [-0.2, 0) is 4.79 Å². The summed E-state index contributed by atoms with van der Waals surface area (Å²) < 4.78 is 0. The first-order chi connectivity index (χ1) is 9.01. The van der Waals surface area contributed by atoms with E-state index in [1.165, 1.54) is 0 Å². The lowest BCUT2D eigenvalue weighted by Gasteiger charge is -2.00. The SMILES string of the molecule is C=C/C=c1/cc/c(=C/C(=C)C(=O)NCC)c(=C)c1=C. The number of nitrogens with one attached hydrogen (secondary N) is 1. The molecule has 1 aromatic carbocycles. The Balaban J connectivity index is 3.36. The summed E-state index contributed by atoms with van der Waals surface area (Å²) in [7, 11) is 0. The minimum atomic E-state index is -0.172. The van der Waals surface area contributed by atoms with Gasteiger partial charge in [-0.25, -0.2) is 0 Å². The zero-order chi connectivity index (χ0) is 14.4. The molecule has 0 aliphatic rings. The van der Waals surface area contributed by atoms with Gasteiger partial charge in [-0.3, -0.25) is 4.79 Å². The average molecular weight is 253 g/mol. The summed E-state index contributed by atoms with van der Waals surface area (Å²) >= 11 is 0. The van der Waals surface area contributed by atoms with E-state index in [4.69, 9.17) is 0 Å². The molecule has 0 aliphatic carbocycles. The van der Waals surface area contributed by atoms with Crippen LogP contribution in [0.1, 0.15) is 6.92 Å². The topological polar surface area (TPSA) is 29.1 Å². The Kier molecular flexibility index (Phi) is 5.07. The molecule has 0 saturated carbocycles. The lowest BCUT2D eigenvalue weighted by molar-refractivity contribution is -0.116. The summed E-state index contributed by atoms with van der Waals surface area (Å²) in [6.07, 6.45) is 5.31. The number of carbonyl (C=O) groups is 1. The van der Waals surface area contributed by atoms with Gasteiger partial charge >= 0.3 is 0 Å². The number of hydrogen-bond acceptors (Lipinski definition) is 1. The van der Waals surface area contributed by atoms with Crippen molar-refractivity contribution in [2.75, 3.05) is 6.54 Å². The van der Waals surface area contributed by atoms with E-state index in [1.807, 2.05) is 25.1 Å². The van der Waals surface area contributed by atoms with Crippen LogP contribution in [-0.4, -0.2) is 12.5 Å². The highest BCUT2D eigenvalue weighted by Crippen LogP contribution is 1.90. The van der Waals surface area contributed by atoms with Crippen LogP contribution < -0.4 is 26.2 Å². The Labute approximate surface area is 113 Å². The molecule has 0 spiro atoms. The fourth-order valence-electron chi connectivity index (χ4n) is 1.67. The van der Waals surface area contributed by atoms with Crippen molar-refractivity contribution >= 4 is 31.2 Å². The van der Waals surface area contributed by atoms with Crippen molar-refractivity contribution < 1.29 is 4.79 Å². The summed E-state index contributed by atoms with van der Waals surface area (Å²) in [5.74, 6) is -0.172. The molecular weight excluding hydrogens is 234 g/mol. The van der Waals surface area contributed by atoms with E-state index in [2.05, 4.69) is 31.6 Å². The van der Waals surface area contributed by atoms with Crippen LogP contribution in [0.5, 0.6) is 0 Å². The van der Waals surface area contributed by atoms with Crippen LogP contribution in [0.3, 0.4) is 0 Å². The summed E-state index contributed by atoms with van der Waals surface area (Å²) in [5.41, 5.74) is 0.409. The van der Waals surface area contributed by atoms with Crippen molar-refractivity contribution in [2.45, 2.75) is 6.92 Å². The summed E-state index contributed by atoms with van der Waals surface area (Å²) in [6, 6.07) is 3.83. The fourth-order valence-corrected chi connectivity index (χ4v) is 1.67. The first-order valence-electron chi connectivity index (χ1n) is 6.09. The van der Waals surface area contributed by atoms with Gasteiger partial charge in [-0.15, -0.1) is 0 Å². The minimum absolute atomic E-state index is 0.172. The van der Waals surface area contributed by atoms with Crippen molar-refractivity contribution in [2.24, 2.45) is 0 Å². The predicted octanol–water partition coefficient (Wildman–Crippen LogP) is -0.0535. The van der Waals surface area contributed by atoms with Crippen LogP contribution in [0.15, 0.2) is 36.9 Å². The van der Waals surface area contributed by atoms with Crippen LogP contribution in [0.4, 0.5) is 0 Å². The van der Waals surface area contributed by atoms with E-state index in [1.54, 1.807) is 12.2 Å². The van der Waals surface area contributed by atoms with E-state index in [9.17, 15) is 4.79 Å². The fraction of sp³-hybridized carbons (Fsp3) is 0.118. The van der Waals surface area contributed by atoms with Crippen LogP contribution in [0.25, 0.3) is 25.3 Å². The Hall–Kier alpha value is -2.35. The maximum absolute atomic E-state index is 11.6. The molecule has 1 N–H and O–H groups in total. The van der Waals surface area contributed by atoms with Crippen molar-refractivity contribution in [3.63, 3.8) is 0 Å². The van der Waals surface area contributed by atoms with Crippen molar-refractivity contribution in [1.29, 1.82) is 0 Å². The molecule has 0 atom stereocenters. The molecule has 1 aromatic rings. The normalized spacial score (nSPS) is 12.3. The molecule has 0 fully saturated rings. The third-order valence-corrected chi connectivity index (χ3v) is 2.76. The number of carbonyl (C=O) groups excluding carboxylic acids is 1. The molecule has 0 radical (unpaired) electrons. The highest BCUT2D eigenvalue weighted by Gasteiger charge is 2.01. The molecule has 2 nitrogen and oxygen atoms in total. The number of benzene rings is 1. The molecular formula is C17H19NO. The van der Waals surface area contributed by atoms with Crippen molar-refractivity contribution in [3.05, 3.63) is 57.8 Å². The van der Waals surface area contributed by atoms with Gasteiger partial charge in [-0.1, -0.05) is 50.6 Å². The molecule has 0 aromatic heterocycles. The molecule has 0 unspecified atom stereocenters. The van der Waals surface area contributed by atoms with Crippen LogP contribution in [0, 0.1) is 0 Å². The van der Waals surface area contributed by atoms with Gasteiger partial charge in [-0.05, 0) is 33.9 Å². The second-order valence-electron chi connectivity index (χ2n) is 4.13. The Bertz CT molecular complexity index is 726. The first-order valence-corrected chi connectivity index (χ1v) is 6.09. The Morgan fingerprint density at radius 2 is 1.84 bits per heavy atom. The molecule has 0 saturated heterocycles. The second-order valence-corrected chi connectivity index (χ2v) is 4.13. The van der Waals surface area contributed by atoms with Gasteiger partial charge in [0, 0.05) is 12.1 Å². The maximum atomic E-state index is 11.6. The number of hydrogen-bond donors (Lipinski definition) is 1. The molecule has 19 heavy (non-hydrogen) atoms. The van der Waals surface area contributed by atoms with Crippen LogP contribution >= 0.6 is 0 Å². The van der Waals surface area contributed by atoms with Gasteiger partial charge in [0.25, 0.3) is 5.91 Å². The number of rotatable bonds is 4. The third kappa shape index (κ3) is 3.55. The lowest BCUT2D eigenvalue weighted by atomic mass is 10.1. The predicted molar refractivity (Wildman–Crippen MR) is 82.9 cm³/mol. The Morgan fingerprint density at radius 1 is 1.26 bits per heavy atom. The van der Waals surface area contributed by atoms with Crippen molar-refractivity contribution in [3.8, 4) is 0 Å². The third-order valence-electron chi connectivity index (χ3n) is 2.76. The Morgan fingerprint density at radius 3 is 2.42 bits per heavy atom. The highest BCUT2D eigenvalue weighted by molar-refractivity contribution is 6.00. The van der Waals surface area contributed by atoms with Gasteiger partial charge in [-0.2, -0.15) is 0 Å². The quantitative estimate of drug-likeness (QED) is 0.749. The van der Waals surface area contributed by atoms with Gasteiger partial charge in [0.2, 0.25) is 0 Å². The lowest BCUT2D eigenvalue weighted by Crippen LogP contribution is -2.46. The molecule has 2 heteroatoms. The van der Waals surface area contributed by atoms with Gasteiger partial charge in [0.1, 0.15) is 0 Å². The number of amides is 1. The summed E-state index contributed by atoms with van der Waals surface area (Å²) in [4.78, 5) is 11.6. The van der Waals surface area contributed by atoms with E-state index in [0.29, 0.717) is 12.1 Å². The van der Waals surface area contributed by atoms with E-state index < -0.39 is 0 Å². The van der Waals surface area contributed by atoms with Gasteiger partial charge < -0.3 is 5.32 Å². The largest absolute Gasteiger partial charge is 0.352 e. The first kappa shape index (κ1) is 14.7. The van der Waals surface area contributed by atoms with Crippen LogP contribution in [0.2, 0.25) is 0 Å². The monoisotopic (exact) mass is 253 g/mol. The average Bonchev–Trinajstić information content (AvgIpc) is 2.38. The number of allylic oxidation sites excluding steroid dienone is 1. The molecule has 0 bridgehead atoms. The summed E-state index contributed by atoms with van der Waals surface area (Å²) in [6.45, 7) is 17.9.